The summed E-state index contributed by atoms with van der Waals surface area (Å²) in [4.78, 5) is 32.3. The Morgan fingerprint density at radius 1 is 1.03 bits per heavy atom. The van der Waals surface area contributed by atoms with Crippen molar-refractivity contribution in [2.75, 3.05) is 50.5 Å². The van der Waals surface area contributed by atoms with Crippen LogP contribution in [0.1, 0.15) is 12.0 Å². The van der Waals surface area contributed by atoms with Crippen LogP contribution in [-0.2, 0) is 16.1 Å². The second-order valence-electron chi connectivity index (χ2n) is 7.56. The number of piperazine rings is 1. The van der Waals surface area contributed by atoms with Crippen molar-refractivity contribution in [1.29, 1.82) is 0 Å². The number of carbonyl (C=O) groups is 2. The van der Waals surface area contributed by atoms with Gasteiger partial charge in [-0.15, -0.1) is 11.8 Å². The van der Waals surface area contributed by atoms with Crippen molar-refractivity contribution in [3.8, 4) is 5.75 Å². The van der Waals surface area contributed by atoms with Crippen molar-refractivity contribution in [2.24, 2.45) is 0 Å². The van der Waals surface area contributed by atoms with Gasteiger partial charge in [-0.05, 0) is 29.8 Å². The molecule has 2 amide bonds. The number of para-hydroxylation sites is 1. The number of nitrogens with zero attached hydrogens (tertiary/aromatic N) is 3. The Hall–Kier alpha value is -2.51. The molecule has 1 fully saturated rings. The third kappa shape index (κ3) is 4.79. The van der Waals surface area contributed by atoms with Crippen molar-refractivity contribution in [2.45, 2.75) is 17.9 Å². The lowest BCUT2D eigenvalue weighted by Crippen LogP contribution is -2.49. The van der Waals surface area contributed by atoms with Gasteiger partial charge in [-0.2, -0.15) is 0 Å². The van der Waals surface area contributed by atoms with E-state index >= 15 is 0 Å². The van der Waals surface area contributed by atoms with Crippen LogP contribution in [0.15, 0.2) is 53.4 Å². The Kier molecular flexibility index (Phi) is 6.59. The lowest BCUT2D eigenvalue weighted by Gasteiger charge is -2.35. The molecule has 2 aliphatic heterocycles. The molecule has 2 aromatic carbocycles. The molecular formula is C23H27N3O3S. The van der Waals surface area contributed by atoms with Crippen molar-refractivity contribution in [3.05, 3.63) is 54.1 Å². The van der Waals surface area contributed by atoms with Gasteiger partial charge < -0.3 is 14.5 Å². The number of methoxy groups -OCH3 is 1. The highest BCUT2D eigenvalue weighted by Crippen LogP contribution is 2.34. The van der Waals surface area contributed by atoms with E-state index in [-0.39, 0.29) is 11.8 Å². The highest BCUT2D eigenvalue weighted by Gasteiger charge is 2.26. The molecule has 1 saturated heterocycles. The zero-order valence-electron chi connectivity index (χ0n) is 17.3. The van der Waals surface area contributed by atoms with Gasteiger partial charge in [0.2, 0.25) is 11.8 Å². The van der Waals surface area contributed by atoms with E-state index in [0.29, 0.717) is 18.7 Å². The van der Waals surface area contributed by atoms with Gasteiger partial charge in [0.1, 0.15) is 5.75 Å². The first kappa shape index (κ1) is 20.8. The summed E-state index contributed by atoms with van der Waals surface area (Å²) in [5.74, 6) is 1.51. The Morgan fingerprint density at radius 3 is 2.50 bits per heavy atom. The minimum atomic E-state index is 0.0795. The number of amides is 2. The third-order valence-electron chi connectivity index (χ3n) is 5.65. The number of anilines is 1. The molecular weight excluding hydrogens is 398 g/mol. The number of hydrogen-bond acceptors (Lipinski definition) is 5. The van der Waals surface area contributed by atoms with Gasteiger partial charge in [-0.25, -0.2) is 0 Å². The number of fused-ring (bicyclic) bond motifs is 1. The Labute approximate surface area is 181 Å². The second-order valence-corrected chi connectivity index (χ2v) is 8.57. The molecule has 0 unspecified atom stereocenters. The van der Waals surface area contributed by atoms with Crippen LogP contribution in [0.2, 0.25) is 0 Å². The first-order valence-corrected chi connectivity index (χ1v) is 11.3. The number of thioether (sulfide) groups is 1. The fraction of sp³-hybridized carbons (Fsp3) is 0.391. The zero-order chi connectivity index (χ0) is 20.9. The average Bonchev–Trinajstić information content (AvgIpc) is 2.79. The first-order valence-electron chi connectivity index (χ1n) is 10.3. The fourth-order valence-electron chi connectivity index (χ4n) is 3.91. The Morgan fingerprint density at radius 2 is 1.77 bits per heavy atom. The van der Waals surface area contributed by atoms with E-state index in [4.69, 9.17) is 4.74 Å². The summed E-state index contributed by atoms with van der Waals surface area (Å²) in [6.45, 7) is 4.51. The van der Waals surface area contributed by atoms with Crippen molar-refractivity contribution in [1.82, 2.24) is 9.80 Å². The molecule has 0 spiro atoms. The maximum atomic E-state index is 12.7. The minimum absolute atomic E-state index is 0.0795. The molecule has 2 aromatic rings. The molecule has 7 heteroatoms. The molecule has 2 aliphatic rings. The zero-order valence-corrected chi connectivity index (χ0v) is 18.1. The smallest absolute Gasteiger partial charge is 0.237 e. The van der Waals surface area contributed by atoms with Gasteiger partial charge in [0.25, 0.3) is 0 Å². The number of benzene rings is 2. The molecule has 6 nitrogen and oxygen atoms in total. The van der Waals surface area contributed by atoms with Crippen LogP contribution >= 0.6 is 11.8 Å². The summed E-state index contributed by atoms with van der Waals surface area (Å²) in [6, 6.07) is 16.0. The van der Waals surface area contributed by atoms with E-state index in [1.54, 1.807) is 23.8 Å². The summed E-state index contributed by atoms with van der Waals surface area (Å²) >= 11 is 1.57. The van der Waals surface area contributed by atoms with Gasteiger partial charge in [0.05, 0.1) is 18.6 Å². The molecule has 0 N–H and O–H groups in total. The summed E-state index contributed by atoms with van der Waals surface area (Å²) in [5.41, 5.74) is 2.17. The van der Waals surface area contributed by atoms with Gasteiger partial charge in [0, 0.05) is 50.6 Å². The second kappa shape index (κ2) is 9.53. The molecule has 2 heterocycles. The van der Waals surface area contributed by atoms with E-state index in [1.807, 2.05) is 41.3 Å². The molecule has 0 aromatic heterocycles. The molecule has 0 bridgehead atoms. The lowest BCUT2D eigenvalue weighted by atomic mass is 10.2. The van der Waals surface area contributed by atoms with Crippen molar-refractivity contribution in [3.63, 3.8) is 0 Å². The van der Waals surface area contributed by atoms with Gasteiger partial charge in [-0.1, -0.05) is 24.3 Å². The van der Waals surface area contributed by atoms with Crippen LogP contribution < -0.4 is 9.64 Å². The van der Waals surface area contributed by atoms with E-state index in [1.165, 1.54) is 5.56 Å². The quantitative estimate of drug-likeness (QED) is 0.712. The average molecular weight is 426 g/mol. The summed E-state index contributed by atoms with van der Waals surface area (Å²) in [5, 5.41) is 0. The standard InChI is InChI=1S/C23H27N3O3S/c1-29-19-8-6-18(7-9-19)16-24-12-14-25(15-13-24)22(27)10-11-26-20-4-2-3-5-21(20)30-17-23(26)28/h2-9H,10-17H2,1H3. The topological polar surface area (TPSA) is 53.1 Å². The molecule has 0 saturated carbocycles. The van der Waals surface area contributed by atoms with Crippen LogP contribution in [-0.4, -0.2) is 67.2 Å². The number of ether oxygens (including phenoxy) is 1. The van der Waals surface area contributed by atoms with Crippen LogP contribution in [0.5, 0.6) is 5.75 Å². The van der Waals surface area contributed by atoms with E-state index in [2.05, 4.69) is 17.0 Å². The van der Waals surface area contributed by atoms with Crippen LogP contribution in [0.25, 0.3) is 0 Å². The predicted molar refractivity (Wildman–Crippen MR) is 119 cm³/mol. The Bertz CT molecular complexity index is 895. The fourth-order valence-corrected chi connectivity index (χ4v) is 4.84. The normalized spacial score (nSPS) is 17.0. The molecule has 0 radical (unpaired) electrons. The van der Waals surface area contributed by atoms with E-state index < -0.39 is 0 Å². The van der Waals surface area contributed by atoms with Crippen LogP contribution in [0.4, 0.5) is 5.69 Å². The summed E-state index contributed by atoms with van der Waals surface area (Å²) in [7, 11) is 1.67. The highest BCUT2D eigenvalue weighted by molar-refractivity contribution is 8.00. The highest BCUT2D eigenvalue weighted by atomic mass is 32.2. The van der Waals surface area contributed by atoms with E-state index in [9.17, 15) is 9.59 Å². The molecule has 4 rings (SSSR count). The molecule has 0 atom stereocenters. The van der Waals surface area contributed by atoms with Gasteiger partial charge in [-0.3, -0.25) is 14.5 Å². The summed E-state index contributed by atoms with van der Waals surface area (Å²) in [6.07, 6.45) is 0.364. The van der Waals surface area contributed by atoms with Crippen molar-refractivity contribution >= 4 is 29.3 Å². The lowest BCUT2D eigenvalue weighted by molar-refractivity contribution is -0.132. The molecule has 30 heavy (non-hydrogen) atoms. The Balaban J connectivity index is 1.26. The number of carbonyl (C=O) groups excluding carboxylic acids is 2. The monoisotopic (exact) mass is 425 g/mol. The summed E-state index contributed by atoms with van der Waals surface area (Å²) < 4.78 is 5.21. The maximum absolute atomic E-state index is 12.7. The van der Waals surface area contributed by atoms with Gasteiger partial charge in [0.15, 0.2) is 0 Å². The predicted octanol–water partition coefficient (Wildman–Crippen LogP) is 2.87. The SMILES string of the molecule is COc1ccc(CN2CCN(C(=O)CCN3C(=O)CSc4ccccc43)CC2)cc1. The minimum Gasteiger partial charge on any atom is -0.497 e. The van der Waals surface area contributed by atoms with Crippen LogP contribution in [0, 0.1) is 0 Å². The third-order valence-corrected chi connectivity index (χ3v) is 6.70. The van der Waals surface area contributed by atoms with Crippen LogP contribution in [0.3, 0.4) is 0 Å². The first-order chi connectivity index (χ1) is 14.6. The largest absolute Gasteiger partial charge is 0.497 e. The van der Waals surface area contributed by atoms with Crippen molar-refractivity contribution < 1.29 is 14.3 Å². The van der Waals surface area contributed by atoms with Gasteiger partial charge >= 0.3 is 0 Å². The van der Waals surface area contributed by atoms with E-state index in [0.717, 1.165) is 49.1 Å². The maximum Gasteiger partial charge on any atom is 0.237 e. The number of rotatable bonds is 6. The molecule has 0 aliphatic carbocycles. The molecule has 158 valence electrons. The number of hydrogen-bond donors (Lipinski definition) is 0.